The minimum atomic E-state index is -0.342. The van der Waals surface area contributed by atoms with Crippen LogP contribution in [0.4, 0.5) is 0 Å². The van der Waals surface area contributed by atoms with Crippen molar-refractivity contribution in [2.45, 2.75) is 91.1 Å². The highest BCUT2D eigenvalue weighted by molar-refractivity contribution is 5.69. The molecule has 1 aliphatic rings. The third kappa shape index (κ3) is 6.98. The summed E-state index contributed by atoms with van der Waals surface area (Å²) < 4.78 is 16.4. The Kier molecular flexibility index (Phi) is 7.23. The lowest BCUT2D eigenvalue weighted by atomic mass is 10.0. The quantitative estimate of drug-likeness (QED) is 0.494. The van der Waals surface area contributed by atoms with Gasteiger partial charge in [-0.25, -0.2) is 0 Å². The molecule has 0 amide bonds. The fourth-order valence-electron chi connectivity index (χ4n) is 2.15. The summed E-state index contributed by atoms with van der Waals surface area (Å²) in [4.78, 5) is 11.7. The molecule has 2 unspecified atom stereocenters. The maximum absolute atomic E-state index is 11.7. The Morgan fingerprint density at radius 1 is 1.33 bits per heavy atom. The fourth-order valence-corrected chi connectivity index (χ4v) is 2.15. The Morgan fingerprint density at radius 2 is 2.05 bits per heavy atom. The van der Waals surface area contributed by atoms with E-state index in [1.807, 2.05) is 34.6 Å². The molecule has 122 valence electrons. The number of carbonyl (C=O) groups is 1. The molecule has 0 saturated heterocycles. The maximum atomic E-state index is 11.7. The van der Waals surface area contributed by atoms with Crippen molar-refractivity contribution < 1.29 is 19.0 Å². The molecule has 0 bridgehead atoms. The van der Waals surface area contributed by atoms with E-state index in [1.54, 1.807) is 6.26 Å². The third-order valence-corrected chi connectivity index (χ3v) is 3.90. The molecule has 1 aliphatic heterocycles. The summed E-state index contributed by atoms with van der Waals surface area (Å²) in [5, 5.41) is 0. The van der Waals surface area contributed by atoms with Crippen LogP contribution in [0.1, 0.15) is 73.1 Å². The van der Waals surface area contributed by atoms with Crippen molar-refractivity contribution in [1.29, 1.82) is 0 Å². The number of hydrogen-bond acceptors (Lipinski definition) is 4. The zero-order chi connectivity index (χ0) is 15.9. The number of esters is 1. The van der Waals surface area contributed by atoms with Gasteiger partial charge in [0.2, 0.25) is 0 Å². The predicted octanol–water partition coefficient (Wildman–Crippen LogP) is 4.33. The average Bonchev–Trinajstić information content (AvgIpc) is 2.41. The van der Waals surface area contributed by atoms with Crippen molar-refractivity contribution in [1.82, 2.24) is 0 Å². The van der Waals surface area contributed by atoms with Gasteiger partial charge in [-0.3, -0.25) is 4.79 Å². The summed E-state index contributed by atoms with van der Waals surface area (Å²) in [5.74, 6) is -0.0890. The molecule has 0 radical (unpaired) electrons. The average molecular weight is 298 g/mol. The summed E-state index contributed by atoms with van der Waals surface area (Å²) in [6.07, 6.45) is 7.04. The highest BCUT2D eigenvalue weighted by atomic mass is 16.7. The molecule has 0 aliphatic carbocycles. The molecule has 0 saturated carbocycles. The van der Waals surface area contributed by atoms with Gasteiger partial charge in [0, 0.05) is 6.42 Å². The van der Waals surface area contributed by atoms with Gasteiger partial charge < -0.3 is 14.2 Å². The van der Waals surface area contributed by atoms with Gasteiger partial charge in [-0.2, -0.15) is 0 Å². The molecule has 0 aromatic heterocycles. The van der Waals surface area contributed by atoms with Crippen molar-refractivity contribution in [2.24, 2.45) is 0 Å². The van der Waals surface area contributed by atoms with Gasteiger partial charge in [-0.15, -0.1) is 0 Å². The minimum Gasteiger partial charge on any atom is -0.473 e. The highest BCUT2D eigenvalue weighted by Crippen LogP contribution is 2.22. The van der Waals surface area contributed by atoms with Crippen molar-refractivity contribution in [3.05, 3.63) is 11.8 Å². The maximum Gasteiger partial charge on any atom is 0.306 e. The van der Waals surface area contributed by atoms with E-state index >= 15 is 0 Å². The molecule has 2 atom stereocenters. The van der Waals surface area contributed by atoms with Crippen LogP contribution in [-0.4, -0.2) is 24.0 Å². The molecule has 0 aromatic carbocycles. The second-order valence-corrected chi connectivity index (χ2v) is 6.38. The first-order valence-electron chi connectivity index (χ1n) is 8.03. The molecule has 4 heteroatoms. The van der Waals surface area contributed by atoms with Crippen molar-refractivity contribution in [3.8, 4) is 0 Å². The first kappa shape index (κ1) is 18.0. The second-order valence-electron chi connectivity index (χ2n) is 6.38. The Morgan fingerprint density at radius 3 is 2.71 bits per heavy atom. The molecule has 0 spiro atoms. The SMILES string of the molecule is CCC(C)(C)OC(=O)CCCCCC1OC(C)OC=C1C. The normalized spacial score (nSPS) is 22.4. The number of hydrogen-bond donors (Lipinski definition) is 0. The van der Waals surface area contributed by atoms with E-state index in [9.17, 15) is 4.79 Å². The lowest BCUT2D eigenvalue weighted by Gasteiger charge is -2.27. The van der Waals surface area contributed by atoms with Gasteiger partial charge in [0.05, 0.1) is 12.4 Å². The van der Waals surface area contributed by atoms with Crippen molar-refractivity contribution in [3.63, 3.8) is 0 Å². The van der Waals surface area contributed by atoms with Gasteiger partial charge in [0.25, 0.3) is 0 Å². The van der Waals surface area contributed by atoms with Gasteiger partial charge in [0.1, 0.15) is 5.60 Å². The van der Waals surface area contributed by atoms with Crippen LogP contribution in [0.2, 0.25) is 0 Å². The molecule has 1 rings (SSSR count). The third-order valence-electron chi connectivity index (χ3n) is 3.90. The predicted molar refractivity (Wildman–Crippen MR) is 82.7 cm³/mol. The Bertz CT molecular complexity index is 360. The summed E-state index contributed by atoms with van der Waals surface area (Å²) in [7, 11) is 0. The number of carbonyl (C=O) groups excluding carboxylic acids is 1. The van der Waals surface area contributed by atoms with Crippen molar-refractivity contribution >= 4 is 5.97 Å². The molecular weight excluding hydrogens is 268 g/mol. The number of ether oxygens (including phenoxy) is 3. The lowest BCUT2D eigenvalue weighted by molar-refractivity contribution is -0.156. The summed E-state index contributed by atoms with van der Waals surface area (Å²) in [6, 6.07) is 0. The number of rotatable bonds is 8. The summed E-state index contributed by atoms with van der Waals surface area (Å²) in [5.41, 5.74) is 0.794. The van der Waals surface area contributed by atoms with Crippen LogP contribution < -0.4 is 0 Å². The molecule has 4 nitrogen and oxygen atoms in total. The standard InChI is InChI=1S/C17H30O4/c1-6-17(4,5)21-16(18)11-9-7-8-10-15-13(2)12-19-14(3)20-15/h12,14-15H,6-11H2,1-5H3. The monoisotopic (exact) mass is 298 g/mol. The van der Waals surface area contributed by atoms with Crippen LogP contribution in [0, 0.1) is 0 Å². The van der Waals surface area contributed by atoms with E-state index < -0.39 is 0 Å². The van der Waals surface area contributed by atoms with E-state index in [1.165, 1.54) is 0 Å². The van der Waals surface area contributed by atoms with Crippen LogP contribution in [-0.2, 0) is 19.0 Å². The summed E-state index contributed by atoms with van der Waals surface area (Å²) in [6.45, 7) is 9.85. The van der Waals surface area contributed by atoms with Crippen molar-refractivity contribution in [2.75, 3.05) is 0 Å². The lowest BCUT2D eigenvalue weighted by Crippen LogP contribution is -2.27. The molecule has 0 fully saturated rings. The zero-order valence-corrected chi connectivity index (χ0v) is 14.1. The van der Waals surface area contributed by atoms with E-state index in [2.05, 4.69) is 0 Å². The fraction of sp³-hybridized carbons (Fsp3) is 0.824. The number of unbranched alkanes of at least 4 members (excludes halogenated alkanes) is 2. The molecule has 0 N–H and O–H groups in total. The van der Waals surface area contributed by atoms with E-state index in [4.69, 9.17) is 14.2 Å². The largest absolute Gasteiger partial charge is 0.473 e. The Labute approximate surface area is 128 Å². The minimum absolute atomic E-state index is 0.0890. The van der Waals surface area contributed by atoms with Crippen LogP contribution in [0.3, 0.4) is 0 Å². The van der Waals surface area contributed by atoms with Gasteiger partial charge in [-0.05, 0) is 52.5 Å². The molecule has 1 heterocycles. The van der Waals surface area contributed by atoms with Gasteiger partial charge in [-0.1, -0.05) is 19.8 Å². The zero-order valence-electron chi connectivity index (χ0n) is 14.1. The van der Waals surface area contributed by atoms with E-state index in [0.717, 1.165) is 37.7 Å². The smallest absolute Gasteiger partial charge is 0.306 e. The highest BCUT2D eigenvalue weighted by Gasteiger charge is 2.21. The second kappa shape index (κ2) is 8.42. The van der Waals surface area contributed by atoms with Gasteiger partial charge >= 0.3 is 5.97 Å². The van der Waals surface area contributed by atoms with E-state index in [-0.39, 0.29) is 24.0 Å². The van der Waals surface area contributed by atoms with Gasteiger partial charge in [0.15, 0.2) is 6.29 Å². The molecule has 0 aromatic rings. The first-order valence-corrected chi connectivity index (χ1v) is 8.03. The first-order chi connectivity index (χ1) is 9.84. The van der Waals surface area contributed by atoms with Crippen LogP contribution in [0.5, 0.6) is 0 Å². The Balaban J connectivity index is 2.13. The van der Waals surface area contributed by atoms with Crippen LogP contribution in [0.15, 0.2) is 11.8 Å². The molecule has 21 heavy (non-hydrogen) atoms. The molecular formula is C17H30O4. The van der Waals surface area contributed by atoms with Crippen LogP contribution in [0.25, 0.3) is 0 Å². The Hall–Kier alpha value is -1.03. The van der Waals surface area contributed by atoms with E-state index in [0.29, 0.717) is 6.42 Å². The summed E-state index contributed by atoms with van der Waals surface area (Å²) >= 11 is 0. The topological polar surface area (TPSA) is 44.8 Å². The van der Waals surface area contributed by atoms with Crippen LogP contribution >= 0.6 is 0 Å².